The van der Waals surface area contributed by atoms with Crippen LogP contribution in [-0.4, -0.2) is 15.0 Å². The van der Waals surface area contributed by atoms with Gasteiger partial charge >= 0.3 is 0 Å². The van der Waals surface area contributed by atoms with Crippen molar-refractivity contribution in [3.05, 3.63) is 200 Å². The lowest BCUT2D eigenvalue weighted by atomic mass is 9.98. The van der Waals surface area contributed by atoms with Crippen molar-refractivity contribution in [2.75, 3.05) is 0 Å². The summed E-state index contributed by atoms with van der Waals surface area (Å²) >= 11 is 0. The summed E-state index contributed by atoms with van der Waals surface area (Å²) in [5, 5.41) is 2.20. The lowest BCUT2D eigenvalue weighted by molar-refractivity contribution is 0.669. The SMILES string of the molecule is c1ccc(-c2ccc(-c3cccc(-c4nc(-c5cccc(-c6ccc7oc8ccccc8c7c6)c5)nc(-c5ccccc5-c5ccccc5)n4)c3)cc2)cc1. The Morgan fingerprint density at radius 2 is 0.691 bits per heavy atom. The molecule has 4 nitrogen and oxygen atoms in total. The predicted molar refractivity (Wildman–Crippen MR) is 225 cm³/mol. The van der Waals surface area contributed by atoms with Gasteiger partial charge in [-0.3, -0.25) is 0 Å². The number of furan rings is 1. The topological polar surface area (TPSA) is 51.8 Å². The van der Waals surface area contributed by atoms with E-state index in [4.69, 9.17) is 19.4 Å². The third kappa shape index (κ3) is 6.26. The third-order valence-corrected chi connectivity index (χ3v) is 10.2. The highest BCUT2D eigenvalue weighted by molar-refractivity contribution is 6.06. The highest BCUT2D eigenvalue weighted by Crippen LogP contribution is 2.36. The summed E-state index contributed by atoms with van der Waals surface area (Å²) in [7, 11) is 0. The van der Waals surface area contributed by atoms with Crippen molar-refractivity contribution in [1.29, 1.82) is 0 Å². The molecule has 258 valence electrons. The maximum absolute atomic E-state index is 6.12. The molecule has 0 aliphatic rings. The normalized spacial score (nSPS) is 11.3. The van der Waals surface area contributed by atoms with Crippen molar-refractivity contribution >= 4 is 21.9 Å². The van der Waals surface area contributed by atoms with E-state index in [1.807, 2.05) is 36.4 Å². The van der Waals surface area contributed by atoms with Crippen LogP contribution < -0.4 is 0 Å². The molecule has 0 radical (unpaired) electrons. The van der Waals surface area contributed by atoms with Crippen molar-refractivity contribution < 1.29 is 4.42 Å². The summed E-state index contributed by atoms with van der Waals surface area (Å²) in [5.41, 5.74) is 13.5. The van der Waals surface area contributed by atoms with Gasteiger partial charge < -0.3 is 4.42 Å². The largest absolute Gasteiger partial charge is 0.456 e. The number of hydrogen-bond donors (Lipinski definition) is 0. The molecule has 0 N–H and O–H groups in total. The van der Waals surface area contributed by atoms with E-state index < -0.39 is 0 Å². The Kier molecular flexibility index (Phi) is 8.12. The smallest absolute Gasteiger partial charge is 0.164 e. The van der Waals surface area contributed by atoms with E-state index in [9.17, 15) is 0 Å². The highest BCUT2D eigenvalue weighted by atomic mass is 16.3. The Morgan fingerprint density at radius 3 is 1.38 bits per heavy atom. The molecular formula is C51H33N3O. The summed E-state index contributed by atoms with van der Waals surface area (Å²) in [6, 6.07) is 69.3. The third-order valence-electron chi connectivity index (χ3n) is 10.2. The first-order chi connectivity index (χ1) is 27.2. The molecular weight excluding hydrogens is 671 g/mol. The minimum atomic E-state index is 0.608. The standard InChI is InChI=1S/C51H33N3O/c1-3-13-34(14-4-1)35-25-27-36(28-26-35)38-17-11-19-41(31-38)49-52-50(54-51(53-49)45-23-8-7-21-43(45)37-15-5-2-6-16-37)42-20-12-18-39(32-42)40-29-30-48-46(33-40)44-22-9-10-24-47(44)55-48/h1-33H. The van der Waals surface area contributed by atoms with Crippen LogP contribution in [0, 0.1) is 0 Å². The van der Waals surface area contributed by atoms with Crippen LogP contribution >= 0.6 is 0 Å². The molecule has 4 heteroatoms. The van der Waals surface area contributed by atoms with Gasteiger partial charge in [-0.1, -0.05) is 170 Å². The number of rotatable bonds is 7. The maximum atomic E-state index is 6.12. The molecule has 8 aromatic carbocycles. The number of nitrogens with zero attached hydrogens (tertiary/aromatic N) is 3. The van der Waals surface area contributed by atoms with Crippen LogP contribution in [0.4, 0.5) is 0 Å². The quantitative estimate of drug-likeness (QED) is 0.166. The number of fused-ring (bicyclic) bond motifs is 3. The summed E-state index contributed by atoms with van der Waals surface area (Å²) in [6.07, 6.45) is 0. The Labute approximate surface area is 319 Å². The van der Waals surface area contributed by atoms with E-state index in [2.05, 4.69) is 164 Å². The molecule has 0 aliphatic carbocycles. The molecule has 10 rings (SSSR count). The molecule has 10 aromatic rings. The van der Waals surface area contributed by atoms with Crippen molar-refractivity contribution in [3.8, 4) is 78.7 Å². The average Bonchev–Trinajstić information content (AvgIpc) is 3.65. The van der Waals surface area contributed by atoms with Crippen LogP contribution in [0.15, 0.2) is 205 Å². The second-order valence-electron chi connectivity index (χ2n) is 13.6. The number of para-hydroxylation sites is 1. The van der Waals surface area contributed by atoms with E-state index in [1.54, 1.807) is 0 Å². The maximum Gasteiger partial charge on any atom is 0.164 e. The first kappa shape index (κ1) is 32.2. The fraction of sp³-hybridized carbons (Fsp3) is 0. The van der Waals surface area contributed by atoms with Crippen LogP contribution in [0.3, 0.4) is 0 Å². The predicted octanol–water partition coefficient (Wildman–Crippen LogP) is 13.4. The monoisotopic (exact) mass is 703 g/mol. The fourth-order valence-electron chi connectivity index (χ4n) is 7.37. The van der Waals surface area contributed by atoms with E-state index >= 15 is 0 Å². The van der Waals surface area contributed by atoms with Crippen molar-refractivity contribution in [1.82, 2.24) is 15.0 Å². The van der Waals surface area contributed by atoms with Gasteiger partial charge in [0.25, 0.3) is 0 Å². The molecule has 2 aromatic heterocycles. The van der Waals surface area contributed by atoms with Crippen molar-refractivity contribution in [2.24, 2.45) is 0 Å². The van der Waals surface area contributed by atoms with Gasteiger partial charge in [-0.2, -0.15) is 0 Å². The molecule has 0 amide bonds. The molecule has 55 heavy (non-hydrogen) atoms. The molecule has 2 heterocycles. The molecule has 0 saturated heterocycles. The van der Waals surface area contributed by atoms with Crippen LogP contribution in [0.25, 0.3) is 101 Å². The van der Waals surface area contributed by atoms with Gasteiger partial charge in [0.1, 0.15) is 11.2 Å². The van der Waals surface area contributed by atoms with Gasteiger partial charge in [-0.25, -0.2) is 15.0 Å². The second kappa shape index (κ2) is 13.8. The summed E-state index contributed by atoms with van der Waals surface area (Å²) in [6.45, 7) is 0. The fourth-order valence-corrected chi connectivity index (χ4v) is 7.37. The Balaban J connectivity index is 1.09. The molecule has 0 bridgehead atoms. The number of hydrogen-bond acceptors (Lipinski definition) is 4. The van der Waals surface area contributed by atoms with Crippen molar-refractivity contribution in [3.63, 3.8) is 0 Å². The Morgan fingerprint density at radius 1 is 0.255 bits per heavy atom. The van der Waals surface area contributed by atoms with E-state index in [0.29, 0.717) is 17.5 Å². The van der Waals surface area contributed by atoms with Gasteiger partial charge in [0, 0.05) is 27.5 Å². The van der Waals surface area contributed by atoms with Gasteiger partial charge in [-0.15, -0.1) is 0 Å². The molecule has 0 saturated carbocycles. The van der Waals surface area contributed by atoms with Crippen LogP contribution in [0.2, 0.25) is 0 Å². The highest BCUT2D eigenvalue weighted by Gasteiger charge is 2.17. The van der Waals surface area contributed by atoms with E-state index in [0.717, 1.165) is 72.0 Å². The molecule has 0 fully saturated rings. The molecule has 0 atom stereocenters. The molecule has 0 unspecified atom stereocenters. The van der Waals surface area contributed by atoms with Gasteiger partial charge in [-0.05, 0) is 74.8 Å². The van der Waals surface area contributed by atoms with Crippen LogP contribution in [-0.2, 0) is 0 Å². The summed E-state index contributed by atoms with van der Waals surface area (Å²) < 4.78 is 6.12. The lowest BCUT2D eigenvalue weighted by Gasteiger charge is -2.13. The van der Waals surface area contributed by atoms with Crippen LogP contribution in [0.5, 0.6) is 0 Å². The minimum Gasteiger partial charge on any atom is -0.456 e. The van der Waals surface area contributed by atoms with Crippen LogP contribution in [0.1, 0.15) is 0 Å². The van der Waals surface area contributed by atoms with Gasteiger partial charge in [0.05, 0.1) is 0 Å². The minimum absolute atomic E-state index is 0.608. The zero-order chi connectivity index (χ0) is 36.6. The Bertz CT molecular complexity index is 2970. The lowest BCUT2D eigenvalue weighted by Crippen LogP contribution is -2.01. The summed E-state index contributed by atoms with van der Waals surface area (Å²) in [5.74, 6) is 1.84. The first-order valence-corrected chi connectivity index (χ1v) is 18.4. The zero-order valence-corrected chi connectivity index (χ0v) is 29.8. The van der Waals surface area contributed by atoms with Crippen molar-refractivity contribution in [2.45, 2.75) is 0 Å². The first-order valence-electron chi connectivity index (χ1n) is 18.4. The van der Waals surface area contributed by atoms with E-state index in [1.165, 1.54) is 11.1 Å². The zero-order valence-electron chi connectivity index (χ0n) is 29.8. The number of aromatic nitrogens is 3. The molecule has 0 aliphatic heterocycles. The summed E-state index contributed by atoms with van der Waals surface area (Å²) in [4.78, 5) is 15.5. The second-order valence-corrected chi connectivity index (χ2v) is 13.6. The molecule has 0 spiro atoms. The van der Waals surface area contributed by atoms with Gasteiger partial charge in [0.2, 0.25) is 0 Å². The van der Waals surface area contributed by atoms with E-state index in [-0.39, 0.29) is 0 Å². The number of benzene rings is 8. The van der Waals surface area contributed by atoms with Gasteiger partial charge in [0.15, 0.2) is 17.5 Å². The Hall–Kier alpha value is -7.43. The average molecular weight is 704 g/mol.